The molecule has 1 heterocycles. The van der Waals surface area contributed by atoms with E-state index in [4.69, 9.17) is 9.47 Å². The van der Waals surface area contributed by atoms with Gasteiger partial charge in [0.1, 0.15) is 11.5 Å². The number of ketones is 2. The standard InChI is InChI=1S/C33H37NO5S/c1-22-19-24(12-18-30(22)39-33(3,4)23(2)35)11-13-26-20-34(32(37)38-27-9-7-6-8-10-27)21-29(26)31(36)25-14-16-28(40-5)17-15-25/h6-10,12,14-19,26,29H,11,13,20-21H2,1-5H3/t26-,29-/m1/s1. The maximum Gasteiger partial charge on any atom is 0.415 e. The van der Waals surface area contributed by atoms with Gasteiger partial charge < -0.3 is 14.4 Å². The van der Waals surface area contributed by atoms with Crippen LogP contribution >= 0.6 is 11.8 Å². The first-order valence-electron chi connectivity index (χ1n) is 13.6. The van der Waals surface area contributed by atoms with Gasteiger partial charge in [0.25, 0.3) is 0 Å². The number of rotatable bonds is 10. The molecule has 0 saturated carbocycles. The zero-order valence-corrected chi connectivity index (χ0v) is 24.6. The molecule has 0 aliphatic carbocycles. The molecule has 6 nitrogen and oxygen atoms in total. The van der Waals surface area contributed by atoms with Crippen LogP contribution in [-0.2, 0) is 11.2 Å². The van der Waals surface area contributed by atoms with E-state index in [0.717, 1.165) is 28.9 Å². The number of para-hydroxylation sites is 1. The quantitative estimate of drug-likeness (QED) is 0.196. The maximum atomic E-state index is 13.7. The minimum atomic E-state index is -0.893. The molecule has 3 aromatic carbocycles. The molecule has 3 aromatic rings. The number of likely N-dealkylation sites (tertiary alicyclic amines) is 1. The zero-order valence-electron chi connectivity index (χ0n) is 23.8. The van der Waals surface area contributed by atoms with Crippen molar-refractivity contribution in [3.05, 3.63) is 89.5 Å². The summed E-state index contributed by atoms with van der Waals surface area (Å²) in [7, 11) is 0. The summed E-state index contributed by atoms with van der Waals surface area (Å²) in [5.74, 6) is 0.858. The number of carbonyl (C=O) groups excluding carboxylic acids is 3. The van der Waals surface area contributed by atoms with Crippen LogP contribution in [0.1, 0.15) is 48.7 Å². The average molecular weight is 560 g/mol. The predicted molar refractivity (Wildman–Crippen MR) is 158 cm³/mol. The molecular weight excluding hydrogens is 522 g/mol. The summed E-state index contributed by atoms with van der Waals surface area (Å²) in [5.41, 5.74) is 1.84. The van der Waals surface area contributed by atoms with Gasteiger partial charge in [-0.25, -0.2) is 4.79 Å². The summed E-state index contributed by atoms with van der Waals surface area (Å²) in [4.78, 5) is 41.3. The number of aryl methyl sites for hydroxylation is 2. The molecule has 1 saturated heterocycles. The average Bonchev–Trinajstić information content (AvgIpc) is 3.38. The second kappa shape index (κ2) is 12.7. The molecule has 1 aliphatic rings. The monoisotopic (exact) mass is 559 g/mol. The first kappa shape index (κ1) is 29.4. The van der Waals surface area contributed by atoms with E-state index in [9.17, 15) is 14.4 Å². The van der Waals surface area contributed by atoms with Crippen molar-refractivity contribution in [2.24, 2.45) is 11.8 Å². The van der Waals surface area contributed by atoms with Gasteiger partial charge in [0.2, 0.25) is 0 Å². The molecule has 40 heavy (non-hydrogen) atoms. The van der Waals surface area contributed by atoms with E-state index in [1.165, 1.54) is 6.92 Å². The number of carbonyl (C=O) groups is 3. The second-order valence-electron chi connectivity index (χ2n) is 10.9. The first-order chi connectivity index (χ1) is 19.1. The highest BCUT2D eigenvalue weighted by molar-refractivity contribution is 7.98. The summed E-state index contributed by atoms with van der Waals surface area (Å²) < 4.78 is 11.6. The molecule has 2 atom stereocenters. The summed E-state index contributed by atoms with van der Waals surface area (Å²) >= 11 is 1.63. The number of benzene rings is 3. The highest BCUT2D eigenvalue weighted by Crippen LogP contribution is 2.33. The van der Waals surface area contributed by atoms with E-state index in [2.05, 4.69) is 6.07 Å². The van der Waals surface area contributed by atoms with Crippen molar-refractivity contribution < 1.29 is 23.9 Å². The minimum Gasteiger partial charge on any atom is -0.480 e. The van der Waals surface area contributed by atoms with Crippen molar-refractivity contribution in [2.45, 2.75) is 51.0 Å². The van der Waals surface area contributed by atoms with Crippen LogP contribution in [-0.4, -0.2) is 47.5 Å². The molecule has 1 amide bonds. The van der Waals surface area contributed by atoms with Crippen LogP contribution in [0.4, 0.5) is 4.79 Å². The van der Waals surface area contributed by atoms with Crippen LogP contribution in [0.5, 0.6) is 11.5 Å². The highest BCUT2D eigenvalue weighted by Gasteiger charge is 2.40. The van der Waals surface area contributed by atoms with E-state index in [1.54, 1.807) is 42.6 Å². The van der Waals surface area contributed by atoms with Gasteiger partial charge in [-0.3, -0.25) is 9.59 Å². The summed E-state index contributed by atoms with van der Waals surface area (Å²) in [6.45, 7) is 7.81. The maximum absolute atomic E-state index is 13.7. The van der Waals surface area contributed by atoms with Crippen LogP contribution in [0, 0.1) is 18.8 Å². The largest absolute Gasteiger partial charge is 0.480 e. The summed E-state index contributed by atoms with van der Waals surface area (Å²) in [6, 6.07) is 22.6. The lowest BCUT2D eigenvalue weighted by Crippen LogP contribution is -2.36. The third kappa shape index (κ3) is 7.13. The lowest BCUT2D eigenvalue weighted by Gasteiger charge is -2.25. The smallest absolute Gasteiger partial charge is 0.415 e. The Bertz CT molecular complexity index is 1350. The summed E-state index contributed by atoms with van der Waals surface area (Å²) in [5, 5.41) is 0. The van der Waals surface area contributed by atoms with E-state index in [-0.39, 0.29) is 23.4 Å². The lowest BCUT2D eigenvalue weighted by molar-refractivity contribution is -0.129. The molecule has 4 rings (SSSR count). The van der Waals surface area contributed by atoms with Crippen molar-refractivity contribution in [3.63, 3.8) is 0 Å². The SMILES string of the molecule is CSc1ccc(C(=O)[C@@H]2CN(C(=O)Oc3ccccc3)C[C@H]2CCc2ccc(OC(C)(C)C(C)=O)c(C)c2)cc1. The Balaban J connectivity index is 1.49. The van der Waals surface area contributed by atoms with Crippen LogP contribution in [0.3, 0.4) is 0 Å². The van der Waals surface area contributed by atoms with Gasteiger partial charge >= 0.3 is 6.09 Å². The molecule has 0 spiro atoms. The zero-order chi connectivity index (χ0) is 28.9. The third-order valence-electron chi connectivity index (χ3n) is 7.61. The van der Waals surface area contributed by atoms with Gasteiger partial charge in [0.15, 0.2) is 17.2 Å². The van der Waals surface area contributed by atoms with Crippen molar-refractivity contribution in [1.29, 1.82) is 0 Å². The fraction of sp³-hybridized carbons (Fsp3) is 0.364. The van der Waals surface area contributed by atoms with Crippen LogP contribution in [0.15, 0.2) is 77.7 Å². The normalized spacial score (nSPS) is 17.0. The van der Waals surface area contributed by atoms with Gasteiger partial charge in [-0.2, -0.15) is 0 Å². The number of hydrogen-bond donors (Lipinski definition) is 0. The molecule has 1 aliphatic heterocycles. The molecule has 1 fully saturated rings. The second-order valence-corrected chi connectivity index (χ2v) is 11.7. The molecule has 7 heteroatoms. The Morgan fingerprint density at radius 1 is 0.975 bits per heavy atom. The fourth-order valence-corrected chi connectivity index (χ4v) is 5.32. The topological polar surface area (TPSA) is 72.9 Å². The van der Waals surface area contributed by atoms with Crippen molar-refractivity contribution in [1.82, 2.24) is 4.90 Å². The van der Waals surface area contributed by atoms with Crippen LogP contribution in [0.25, 0.3) is 0 Å². The van der Waals surface area contributed by atoms with Crippen LogP contribution in [0.2, 0.25) is 0 Å². The highest BCUT2D eigenvalue weighted by atomic mass is 32.2. The number of hydrogen-bond acceptors (Lipinski definition) is 6. The number of amides is 1. The molecule has 0 aromatic heterocycles. The van der Waals surface area contributed by atoms with Gasteiger partial charge in [0.05, 0.1) is 0 Å². The predicted octanol–water partition coefficient (Wildman–Crippen LogP) is 7.03. The number of nitrogens with zero attached hydrogens (tertiary/aromatic N) is 1. The van der Waals surface area contributed by atoms with E-state index >= 15 is 0 Å². The Morgan fingerprint density at radius 2 is 1.68 bits per heavy atom. The Kier molecular flexibility index (Phi) is 9.36. The van der Waals surface area contributed by atoms with E-state index in [0.29, 0.717) is 30.2 Å². The molecule has 0 bridgehead atoms. The van der Waals surface area contributed by atoms with Gasteiger partial charge in [-0.1, -0.05) is 42.5 Å². The third-order valence-corrected chi connectivity index (χ3v) is 8.36. The van der Waals surface area contributed by atoms with Gasteiger partial charge in [-0.15, -0.1) is 11.8 Å². The van der Waals surface area contributed by atoms with E-state index in [1.807, 2.05) is 67.8 Å². The number of ether oxygens (including phenoxy) is 2. The first-order valence-corrected chi connectivity index (χ1v) is 14.8. The van der Waals surface area contributed by atoms with Gasteiger partial charge in [-0.05, 0) is 94.2 Å². The fourth-order valence-electron chi connectivity index (χ4n) is 4.91. The van der Waals surface area contributed by atoms with E-state index < -0.39 is 11.7 Å². The van der Waals surface area contributed by atoms with Crippen molar-refractivity contribution >= 4 is 29.4 Å². The summed E-state index contributed by atoms with van der Waals surface area (Å²) in [6.07, 6.45) is 3.06. The van der Waals surface area contributed by atoms with Crippen LogP contribution < -0.4 is 9.47 Å². The minimum absolute atomic E-state index is 0.0103. The molecular formula is C33H37NO5S. The Hall–Kier alpha value is -3.58. The van der Waals surface area contributed by atoms with Gasteiger partial charge in [0, 0.05) is 29.5 Å². The Morgan fingerprint density at radius 3 is 2.30 bits per heavy atom. The molecule has 0 radical (unpaired) electrons. The molecule has 0 N–H and O–H groups in total. The number of thioether (sulfide) groups is 1. The van der Waals surface area contributed by atoms with Crippen molar-refractivity contribution in [3.8, 4) is 11.5 Å². The molecule has 210 valence electrons. The Labute approximate surface area is 241 Å². The lowest BCUT2D eigenvalue weighted by atomic mass is 9.84. The number of Topliss-reactive ketones (excluding diaryl/α,β-unsaturated/α-hetero) is 2. The molecule has 0 unspecified atom stereocenters. The van der Waals surface area contributed by atoms with Crippen molar-refractivity contribution in [2.75, 3.05) is 19.3 Å².